The average molecular weight is 518 g/mol. The van der Waals surface area contributed by atoms with Crippen molar-refractivity contribution in [1.29, 1.82) is 0 Å². The van der Waals surface area contributed by atoms with Crippen molar-refractivity contribution in [3.8, 4) is 0 Å². The number of hydrogen-bond acceptors (Lipinski definition) is 4. The van der Waals surface area contributed by atoms with E-state index in [0.29, 0.717) is 17.5 Å². The minimum atomic E-state index is -3.86. The lowest BCUT2D eigenvalue weighted by atomic mass is 9.97. The zero-order chi connectivity index (χ0) is 25.9. The summed E-state index contributed by atoms with van der Waals surface area (Å²) in [5, 5.41) is 9.98. The van der Waals surface area contributed by atoms with Crippen molar-refractivity contribution >= 4 is 48.9 Å². The number of carbonyl (C=O) groups excluding carboxylic acids is 1. The van der Waals surface area contributed by atoms with Gasteiger partial charge in [0.1, 0.15) is 6.54 Å². The molecule has 0 saturated carbocycles. The first kappa shape index (κ1) is 22.7. The van der Waals surface area contributed by atoms with Gasteiger partial charge in [0.2, 0.25) is 0 Å². The minimum absolute atomic E-state index is 0.236. The summed E-state index contributed by atoms with van der Waals surface area (Å²) in [6, 6.07) is 34.4. The molecular weight excluding hydrogens is 494 g/mol. The monoisotopic (exact) mass is 517 g/mol. The lowest BCUT2D eigenvalue weighted by molar-refractivity contribution is -0.131. The number of amides is 1. The van der Waals surface area contributed by atoms with Gasteiger partial charge in [0.05, 0.1) is 22.3 Å². The normalized spacial score (nSPS) is 17.8. The first-order valence-electron chi connectivity index (χ1n) is 12.5. The lowest BCUT2D eigenvalue weighted by Crippen LogP contribution is -2.39. The van der Waals surface area contributed by atoms with E-state index in [0.717, 1.165) is 33.0 Å². The maximum absolute atomic E-state index is 13.8. The zero-order valence-corrected chi connectivity index (χ0v) is 21.2. The summed E-state index contributed by atoms with van der Waals surface area (Å²) < 4.78 is 28.2. The molecule has 0 aliphatic carbocycles. The first-order valence-corrected chi connectivity index (χ1v) is 13.9. The van der Waals surface area contributed by atoms with E-state index in [2.05, 4.69) is 24.3 Å². The molecule has 0 unspecified atom stereocenters. The van der Waals surface area contributed by atoms with Gasteiger partial charge >= 0.3 is 0 Å². The summed E-state index contributed by atoms with van der Waals surface area (Å²) in [5.41, 5.74) is 3.23. The second kappa shape index (κ2) is 8.53. The number of hydrogen-bond donors (Lipinski definition) is 0. The van der Waals surface area contributed by atoms with E-state index in [-0.39, 0.29) is 23.4 Å². The fourth-order valence-corrected chi connectivity index (χ4v) is 7.20. The van der Waals surface area contributed by atoms with Crippen LogP contribution in [0.4, 0.5) is 5.69 Å². The van der Waals surface area contributed by atoms with Gasteiger partial charge in [0, 0.05) is 11.8 Å². The number of sulfonamides is 1. The van der Waals surface area contributed by atoms with Gasteiger partial charge in [0.25, 0.3) is 15.9 Å². The molecule has 38 heavy (non-hydrogen) atoms. The minimum Gasteiger partial charge on any atom is -0.271 e. The molecule has 0 spiro atoms. The third-order valence-electron chi connectivity index (χ3n) is 7.39. The molecular formula is C31H23N3O3S. The molecule has 0 radical (unpaired) electrons. The molecule has 0 bridgehead atoms. The Morgan fingerprint density at radius 3 is 2.32 bits per heavy atom. The summed E-state index contributed by atoms with van der Waals surface area (Å²) in [5.74, 6) is -0.372. The first-order chi connectivity index (χ1) is 18.5. The highest BCUT2D eigenvalue weighted by Gasteiger charge is 2.40. The van der Waals surface area contributed by atoms with Crippen LogP contribution in [0.15, 0.2) is 119 Å². The van der Waals surface area contributed by atoms with Gasteiger partial charge in [0.15, 0.2) is 0 Å². The molecule has 7 heteroatoms. The molecule has 0 saturated heterocycles. The van der Waals surface area contributed by atoms with Crippen LogP contribution in [0.25, 0.3) is 21.5 Å². The van der Waals surface area contributed by atoms with E-state index in [1.165, 1.54) is 9.31 Å². The molecule has 5 aromatic carbocycles. The third-order valence-corrected chi connectivity index (χ3v) is 9.20. The SMILES string of the molecule is O=C(CN1c2cccc3cccc(c23)S1(=O)=O)N1N=C(c2ccc3ccccc3c2)C[C@H]1c1ccccc1. The van der Waals surface area contributed by atoms with Crippen LogP contribution in [0.3, 0.4) is 0 Å². The van der Waals surface area contributed by atoms with E-state index in [9.17, 15) is 13.2 Å². The van der Waals surface area contributed by atoms with Gasteiger partial charge in [-0.1, -0.05) is 91.0 Å². The Labute approximate surface area is 220 Å². The van der Waals surface area contributed by atoms with Crippen LogP contribution in [0, 0.1) is 0 Å². The Balaban J connectivity index is 1.27. The molecule has 6 nitrogen and oxygen atoms in total. The van der Waals surface area contributed by atoms with Crippen LogP contribution in [-0.4, -0.2) is 31.6 Å². The number of nitrogens with zero attached hydrogens (tertiary/aromatic N) is 3. The van der Waals surface area contributed by atoms with E-state index >= 15 is 0 Å². The summed E-state index contributed by atoms with van der Waals surface area (Å²) in [6.45, 7) is -0.325. The number of benzene rings is 5. The van der Waals surface area contributed by atoms with Crippen molar-refractivity contribution < 1.29 is 13.2 Å². The smallest absolute Gasteiger partial charge is 0.265 e. The topological polar surface area (TPSA) is 70.1 Å². The average Bonchev–Trinajstić information content (AvgIpc) is 3.49. The van der Waals surface area contributed by atoms with Gasteiger partial charge in [-0.25, -0.2) is 13.4 Å². The highest BCUT2D eigenvalue weighted by atomic mass is 32.2. The van der Waals surface area contributed by atoms with Crippen LogP contribution in [0.1, 0.15) is 23.6 Å². The summed E-state index contributed by atoms with van der Waals surface area (Å²) in [7, 11) is -3.86. The van der Waals surface area contributed by atoms with Gasteiger partial charge in [-0.15, -0.1) is 0 Å². The van der Waals surface area contributed by atoms with Crippen molar-refractivity contribution in [3.63, 3.8) is 0 Å². The highest BCUT2D eigenvalue weighted by molar-refractivity contribution is 7.93. The predicted molar refractivity (Wildman–Crippen MR) is 150 cm³/mol. The van der Waals surface area contributed by atoms with Crippen molar-refractivity contribution in [2.45, 2.75) is 17.4 Å². The zero-order valence-electron chi connectivity index (χ0n) is 20.4. The van der Waals surface area contributed by atoms with Crippen LogP contribution < -0.4 is 4.31 Å². The number of fused-ring (bicyclic) bond motifs is 1. The maximum Gasteiger partial charge on any atom is 0.265 e. The number of rotatable bonds is 4. The van der Waals surface area contributed by atoms with Gasteiger partial charge in [-0.05, 0) is 45.5 Å². The van der Waals surface area contributed by atoms with Gasteiger partial charge in [-0.2, -0.15) is 5.10 Å². The number of hydrazone groups is 1. The molecule has 1 amide bonds. The quantitative estimate of drug-likeness (QED) is 0.299. The standard InChI is InChI=1S/C31H23N3O3S/c35-30(20-33-27-14-6-12-23-13-7-15-29(31(23)27)38(33,36)37)34-28(22-9-2-1-3-10-22)19-26(32-34)25-17-16-21-8-4-5-11-24(21)18-25/h1-18,28H,19-20H2/t28-/m0/s1. The molecule has 5 aromatic rings. The molecule has 1 atom stereocenters. The van der Waals surface area contributed by atoms with Crippen LogP contribution >= 0.6 is 0 Å². The summed E-state index contributed by atoms with van der Waals surface area (Å²) >= 11 is 0. The molecule has 2 aliphatic heterocycles. The Morgan fingerprint density at radius 1 is 0.789 bits per heavy atom. The lowest BCUT2D eigenvalue weighted by Gasteiger charge is -2.25. The van der Waals surface area contributed by atoms with E-state index in [1.54, 1.807) is 18.2 Å². The Morgan fingerprint density at radius 2 is 1.50 bits per heavy atom. The molecule has 0 fully saturated rings. The van der Waals surface area contributed by atoms with E-state index < -0.39 is 10.0 Å². The Bertz CT molecular complexity index is 1880. The number of anilines is 1. The van der Waals surface area contributed by atoms with Crippen molar-refractivity contribution in [3.05, 3.63) is 120 Å². The van der Waals surface area contributed by atoms with Crippen molar-refractivity contribution in [2.24, 2.45) is 5.10 Å². The maximum atomic E-state index is 13.8. The fraction of sp³-hybridized carbons (Fsp3) is 0.0968. The molecule has 0 N–H and O–H groups in total. The number of carbonyl (C=O) groups is 1. The van der Waals surface area contributed by atoms with Crippen molar-refractivity contribution in [2.75, 3.05) is 10.8 Å². The summed E-state index contributed by atoms with van der Waals surface area (Å²) in [4.78, 5) is 14.1. The predicted octanol–water partition coefficient (Wildman–Crippen LogP) is 5.88. The fourth-order valence-electron chi connectivity index (χ4n) is 5.54. The largest absolute Gasteiger partial charge is 0.271 e. The molecule has 0 aromatic heterocycles. The van der Waals surface area contributed by atoms with Gasteiger partial charge < -0.3 is 0 Å². The van der Waals surface area contributed by atoms with Crippen LogP contribution in [0.5, 0.6) is 0 Å². The van der Waals surface area contributed by atoms with E-state index in [1.807, 2.05) is 66.7 Å². The van der Waals surface area contributed by atoms with Gasteiger partial charge in [-0.3, -0.25) is 9.10 Å². The highest BCUT2D eigenvalue weighted by Crippen LogP contribution is 2.42. The Hall–Kier alpha value is -4.49. The van der Waals surface area contributed by atoms with E-state index in [4.69, 9.17) is 5.10 Å². The van der Waals surface area contributed by atoms with Crippen LogP contribution in [-0.2, 0) is 14.8 Å². The molecule has 2 aliphatic rings. The molecule has 7 rings (SSSR count). The molecule has 2 heterocycles. The Kier molecular flexibility index (Phi) is 5.09. The third kappa shape index (κ3) is 3.50. The summed E-state index contributed by atoms with van der Waals surface area (Å²) in [6.07, 6.45) is 0.538. The van der Waals surface area contributed by atoms with Crippen molar-refractivity contribution in [1.82, 2.24) is 5.01 Å². The molecule has 186 valence electrons. The second-order valence-electron chi connectivity index (χ2n) is 9.62. The van der Waals surface area contributed by atoms with Crippen LogP contribution in [0.2, 0.25) is 0 Å². The second-order valence-corrected chi connectivity index (χ2v) is 11.5.